The molecule has 2 aromatic rings. The fraction of sp³-hybridized carbons (Fsp3) is 0.556. The van der Waals surface area contributed by atoms with E-state index < -0.39 is 10.2 Å². The van der Waals surface area contributed by atoms with Crippen LogP contribution in [0.4, 0.5) is 0 Å². The maximum atomic E-state index is 12.6. The van der Waals surface area contributed by atoms with Crippen molar-refractivity contribution in [2.75, 3.05) is 33.7 Å². The topological polar surface area (TPSA) is 57.0 Å². The van der Waals surface area contributed by atoms with Gasteiger partial charge in [0.15, 0.2) is 0 Å². The van der Waals surface area contributed by atoms with Crippen LogP contribution < -0.4 is 0 Å². The summed E-state index contributed by atoms with van der Waals surface area (Å²) < 4.78 is 34.1. The fourth-order valence-electron chi connectivity index (χ4n) is 4.06. The average molecular weight is 363 g/mol. The first-order valence-electron chi connectivity index (χ1n) is 8.82. The molecule has 3 aliphatic heterocycles. The van der Waals surface area contributed by atoms with Gasteiger partial charge in [-0.3, -0.25) is 4.90 Å². The molecule has 4 heterocycles. The molecule has 1 aromatic carbocycles. The van der Waals surface area contributed by atoms with E-state index in [4.69, 9.17) is 4.42 Å². The van der Waals surface area contributed by atoms with Crippen LogP contribution in [0.15, 0.2) is 34.7 Å². The number of furan rings is 1. The zero-order chi connectivity index (χ0) is 17.6. The van der Waals surface area contributed by atoms with Gasteiger partial charge in [-0.05, 0) is 30.9 Å². The van der Waals surface area contributed by atoms with Gasteiger partial charge in [0, 0.05) is 45.2 Å². The van der Waals surface area contributed by atoms with Crippen molar-refractivity contribution in [1.29, 1.82) is 0 Å². The van der Waals surface area contributed by atoms with Crippen LogP contribution in [0.25, 0.3) is 11.0 Å². The van der Waals surface area contributed by atoms with E-state index in [9.17, 15) is 8.42 Å². The van der Waals surface area contributed by atoms with E-state index in [0.717, 1.165) is 42.7 Å². The van der Waals surface area contributed by atoms with E-state index in [0.29, 0.717) is 19.0 Å². The Morgan fingerprint density at radius 2 is 1.96 bits per heavy atom. The molecule has 6 nitrogen and oxygen atoms in total. The summed E-state index contributed by atoms with van der Waals surface area (Å²) in [6.07, 6.45) is 2.14. The molecule has 5 rings (SSSR count). The fourth-order valence-corrected chi connectivity index (χ4v) is 5.29. The molecule has 0 radical (unpaired) electrons. The molecule has 0 amide bonds. The average Bonchev–Trinajstić information content (AvgIpc) is 2.74. The third kappa shape index (κ3) is 3.21. The van der Waals surface area contributed by atoms with Gasteiger partial charge < -0.3 is 4.42 Å². The molecule has 0 saturated carbocycles. The highest BCUT2D eigenvalue weighted by Gasteiger charge is 2.39. The lowest BCUT2D eigenvalue weighted by Gasteiger charge is -2.35. The van der Waals surface area contributed by atoms with Crippen molar-refractivity contribution < 1.29 is 12.8 Å². The molecule has 2 atom stereocenters. The van der Waals surface area contributed by atoms with Gasteiger partial charge in [0.1, 0.15) is 11.3 Å². The van der Waals surface area contributed by atoms with Crippen molar-refractivity contribution in [2.24, 2.45) is 5.92 Å². The van der Waals surface area contributed by atoms with Crippen LogP contribution in [-0.2, 0) is 16.8 Å². The molecule has 136 valence electrons. The number of fused-ring (bicyclic) bond motifs is 5. The van der Waals surface area contributed by atoms with E-state index >= 15 is 0 Å². The molecule has 0 aliphatic carbocycles. The van der Waals surface area contributed by atoms with Crippen LogP contribution in [0, 0.1) is 5.92 Å². The second-order valence-corrected chi connectivity index (χ2v) is 9.53. The monoisotopic (exact) mass is 363 g/mol. The van der Waals surface area contributed by atoms with Crippen LogP contribution in [0.2, 0.25) is 0 Å². The van der Waals surface area contributed by atoms with Gasteiger partial charge in [-0.25, -0.2) is 0 Å². The summed E-state index contributed by atoms with van der Waals surface area (Å²) in [5.41, 5.74) is 0.911. The summed E-state index contributed by atoms with van der Waals surface area (Å²) in [5, 5.41) is 1.12. The van der Waals surface area contributed by atoms with Crippen molar-refractivity contribution in [1.82, 2.24) is 13.5 Å². The minimum atomic E-state index is -3.35. The number of nitrogens with zero attached hydrogens (tertiary/aromatic N) is 3. The summed E-state index contributed by atoms with van der Waals surface area (Å²) in [4.78, 5) is 2.40. The van der Waals surface area contributed by atoms with E-state index in [1.807, 2.05) is 18.2 Å². The van der Waals surface area contributed by atoms with Crippen molar-refractivity contribution in [3.63, 3.8) is 0 Å². The molecule has 25 heavy (non-hydrogen) atoms. The second kappa shape index (κ2) is 6.39. The third-order valence-electron chi connectivity index (χ3n) is 5.42. The lowest BCUT2D eigenvalue weighted by molar-refractivity contribution is 0.117. The Hall–Kier alpha value is -1.41. The van der Waals surface area contributed by atoms with Crippen molar-refractivity contribution >= 4 is 21.2 Å². The summed E-state index contributed by atoms with van der Waals surface area (Å²) >= 11 is 0. The smallest absolute Gasteiger partial charge is 0.281 e. The first kappa shape index (κ1) is 17.0. The number of hydrogen-bond acceptors (Lipinski definition) is 4. The highest BCUT2D eigenvalue weighted by molar-refractivity contribution is 7.86. The normalized spacial score (nSPS) is 25.7. The van der Waals surface area contributed by atoms with Gasteiger partial charge in [0.05, 0.1) is 6.54 Å². The van der Waals surface area contributed by atoms with Crippen LogP contribution in [0.3, 0.4) is 0 Å². The maximum absolute atomic E-state index is 12.6. The van der Waals surface area contributed by atoms with E-state index in [2.05, 4.69) is 17.0 Å². The highest BCUT2D eigenvalue weighted by Crippen LogP contribution is 2.31. The van der Waals surface area contributed by atoms with Crippen LogP contribution in [0.5, 0.6) is 0 Å². The Bertz CT molecular complexity index is 828. The summed E-state index contributed by atoms with van der Waals surface area (Å²) in [5.74, 6) is 1.34. The molecule has 0 spiro atoms. The van der Waals surface area contributed by atoms with Gasteiger partial charge >= 0.3 is 0 Å². The zero-order valence-corrected chi connectivity index (χ0v) is 15.6. The first-order valence-corrected chi connectivity index (χ1v) is 10.2. The largest absolute Gasteiger partial charge is 0.460 e. The molecule has 1 aromatic heterocycles. The Morgan fingerprint density at radius 3 is 2.72 bits per heavy atom. The van der Waals surface area contributed by atoms with Gasteiger partial charge in [-0.1, -0.05) is 18.2 Å². The van der Waals surface area contributed by atoms with Crippen LogP contribution >= 0.6 is 0 Å². The molecule has 0 N–H and O–H groups in total. The summed E-state index contributed by atoms with van der Waals surface area (Å²) in [7, 11) is -0.138. The van der Waals surface area contributed by atoms with Crippen LogP contribution in [-0.4, -0.2) is 61.7 Å². The van der Waals surface area contributed by atoms with Crippen molar-refractivity contribution in [2.45, 2.75) is 25.4 Å². The predicted octanol–water partition coefficient (Wildman–Crippen LogP) is 2.14. The third-order valence-corrected chi connectivity index (χ3v) is 7.29. The number of piperidine rings is 1. The second-order valence-electron chi connectivity index (χ2n) is 7.38. The minimum absolute atomic E-state index is 0.252. The molecule has 7 heteroatoms. The summed E-state index contributed by atoms with van der Waals surface area (Å²) in [6.45, 7) is 2.86. The Kier molecular flexibility index (Phi) is 4.35. The quantitative estimate of drug-likeness (QED) is 0.835. The lowest BCUT2D eigenvalue weighted by Crippen LogP contribution is -2.45. The van der Waals surface area contributed by atoms with Crippen molar-refractivity contribution in [3.05, 3.63) is 36.1 Å². The molecule has 0 unspecified atom stereocenters. The van der Waals surface area contributed by atoms with Gasteiger partial charge in [-0.15, -0.1) is 0 Å². The Labute approximate surface area is 149 Å². The summed E-state index contributed by atoms with van der Waals surface area (Å²) in [6, 6.07) is 10.4. The Balaban J connectivity index is 1.54. The van der Waals surface area contributed by atoms with Gasteiger partial charge in [-0.2, -0.15) is 17.0 Å². The zero-order valence-electron chi connectivity index (χ0n) is 14.8. The standard InChI is InChI=1S/C18H25N3O3S/c1-19(2)25(22,23)21-11-14-7-8-16(12-21)20(10-14)13-17-9-15-5-3-4-6-18(15)24-17/h3-6,9,14,16H,7-8,10-13H2,1-2H3/t14-,16-/m1/s1. The minimum Gasteiger partial charge on any atom is -0.460 e. The molecule has 2 bridgehead atoms. The molecule has 3 saturated heterocycles. The number of para-hydroxylation sites is 1. The highest BCUT2D eigenvalue weighted by atomic mass is 32.2. The number of rotatable bonds is 4. The molecular formula is C18H25N3O3S. The number of hydrogen-bond donors (Lipinski definition) is 0. The predicted molar refractivity (Wildman–Crippen MR) is 97.3 cm³/mol. The first-order chi connectivity index (χ1) is 11.9. The SMILES string of the molecule is CN(C)S(=O)(=O)N1C[C@@H]2CC[C@H](C1)N(Cc1cc3ccccc3o1)C2. The van der Waals surface area contributed by atoms with E-state index in [1.54, 1.807) is 18.4 Å². The molecule has 3 aliphatic rings. The molecule has 3 fully saturated rings. The van der Waals surface area contributed by atoms with Crippen LogP contribution in [0.1, 0.15) is 18.6 Å². The lowest BCUT2D eigenvalue weighted by atomic mass is 9.95. The maximum Gasteiger partial charge on any atom is 0.281 e. The van der Waals surface area contributed by atoms with Crippen molar-refractivity contribution in [3.8, 4) is 0 Å². The van der Waals surface area contributed by atoms with E-state index in [1.165, 1.54) is 4.31 Å². The number of benzene rings is 1. The van der Waals surface area contributed by atoms with E-state index in [-0.39, 0.29) is 6.04 Å². The Morgan fingerprint density at radius 1 is 1.16 bits per heavy atom. The van der Waals surface area contributed by atoms with Gasteiger partial charge in [0.2, 0.25) is 0 Å². The van der Waals surface area contributed by atoms with Gasteiger partial charge in [0.25, 0.3) is 10.2 Å². The molecular weight excluding hydrogens is 338 g/mol.